The minimum absolute atomic E-state index is 0.161. The van der Waals surface area contributed by atoms with Gasteiger partial charge in [0.2, 0.25) is 5.91 Å². The topological polar surface area (TPSA) is 66.4 Å². The van der Waals surface area contributed by atoms with Gasteiger partial charge in [-0.3, -0.25) is 9.59 Å². The second kappa shape index (κ2) is 5.87. The van der Waals surface area contributed by atoms with Crippen molar-refractivity contribution in [2.45, 2.75) is 38.1 Å². The van der Waals surface area contributed by atoms with Crippen molar-refractivity contribution in [1.82, 2.24) is 5.32 Å². The number of carboxylic acid groups (broad SMARTS) is 1. The lowest BCUT2D eigenvalue weighted by Gasteiger charge is -2.35. The Labute approximate surface area is 112 Å². The molecular weight excluding hydrogens is 242 g/mol. The van der Waals surface area contributed by atoms with Crippen LogP contribution in [-0.2, 0) is 9.59 Å². The zero-order valence-corrected chi connectivity index (χ0v) is 11.0. The maximum absolute atomic E-state index is 11.6. The molecule has 0 unspecified atom stereocenters. The molecule has 1 aromatic rings. The van der Waals surface area contributed by atoms with Crippen molar-refractivity contribution in [2.75, 3.05) is 0 Å². The Bertz CT molecular complexity index is 452. The number of hydrogen-bond acceptors (Lipinski definition) is 2. The van der Waals surface area contributed by atoms with Crippen LogP contribution in [0.3, 0.4) is 0 Å². The summed E-state index contributed by atoms with van der Waals surface area (Å²) in [5.74, 6) is -0.224. The van der Waals surface area contributed by atoms with Gasteiger partial charge in [0.05, 0.1) is 0 Å². The lowest BCUT2D eigenvalue weighted by molar-refractivity contribution is -0.141. The van der Waals surface area contributed by atoms with Crippen LogP contribution in [0.15, 0.2) is 30.3 Å². The standard InChI is InChI=1S/C15H19NO3/c1-10(15(18)19)16-14(17)9-11-7-13(8-11)12-5-3-2-4-6-12/h2-6,10-11,13H,7-9H2,1H3,(H,16,17)(H,18,19)/t10-,11?,13?/m1/s1. The third-order valence-electron chi connectivity index (χ3n) is 3.73. The van der Waals surface area contributed by atoms with E-state index >= 15 is 0 Å². The second-order valence-corrected chi connectivity index (χ2v) is 5.28. The average Bonchev–Trinajstić information content (AvgIpc) is 2.34. The molecule has 0 bridgehead atoms. The molecule has 2 rings (SSSR count). The van der Waals surface area contributed by atoms with Gasteiger partial charge in [0.25, 0.3) is 0 Å². The molecule has 4 heteroatoms. The Morgan fingerprint density at radius 1 is 1.32 bits per heavy atom. The van der Waals surface area contributed by atoms with E-state index in [1.807, 2.05) is 18.2 Å². The van der Waals surface area contributed by atoms with E-state index in [1.54, 1.807) is 0 Å². The van der Waals surface area contributed by atoms with Crippen molar-refractivity contribution in [3.05, 3.63) is 35.9 Å². The summed E-state index contributed by atoms with van der Waals surface area (Å²) in [7, 11) is 0. The highest BCUT2D eigenvalue weighted by Crippen LogP contribution is 2.43. The summed E-state index contributed by atoms with van der Waals surface area (Å²) < 4.78 is 0. The summed E-state index contributed by atoms with van der Waals surface area (Å²) in [5.41, 5.74) is 1.33. The number of hydrogen-bond donors (Lipinski definition) is 2. The van der Waals surface area contributed by atoms with Crippen molar-refractivity contribution >= 4 is 11.9 Å². The first-order valence-corrected chi connectivity index (χ1v) is 6.63. The van der Waals surface area contributed by atoms with Crippen molar-refractivity contribution in [3.8, 4) is 0 Å². The van der Waals surface area contributed by atoms with E-state index in [9.17, 15) is 9.59 Å². The van der Waals surface area contributed by atoms with Gasteiger partial charge in [-0.05, 0) is 37.2 Å². The van der Waals surface area contributed by atoms with Crippen LogP contribution in [0.5, 0.6) is 0 Å². The fourth-order valence-corrected chi connectivity index (χ4v) is 2.52. The summed E-state index contributed by atoms with van der Waals surface area (Å²) in [6.45, 7) is 1.48. The largest absolute Gasteiger partial charge is 0.480 e. The van der Waals surface area contributed by atoms with Gasteiger partial charge in [0.15, 0.2) is 0 Å². The van der Waals surface area contributed by atoms with E-state index < -0.39 is 12.0 Å². The van der Waals surface area contributed by atoms with Gasteiger partial charge >= 0.3 is 5.97 Å². The monoisotopic (exact) mass is 261 g/mol. The smallest absolute Gasteiger partial charge is 0.325 e. The molecule has 0 heterocycles. The number of benzene rings is 1. The molecule has 19 heavy (non-hydrogen) atoms. The second-order valence-electron chi connectivity index (χ2n) is 5.28. The number of aliphatic carboxylic acids is 1. The van der Waals surface area contributed by atoms with Gasteiger partial charge in [-0.1, -0.05) is 30.3 Å². The highest BCUT2D eigenvalue weighted by molar-refractivity contribution is 5.83. The number of carbonyl (C=O) groups is 2. The normalized spacial score (nSPS) is 23.2. The first-order chi connectivity index (χ1) is 9.06. The van der Waals surface area contributed by atoms with E-state index in [0.717, 1.165) is 12.8 Å². The van der Waals surface area contributed by atoms with E-state index in [-0.39, 0.29) is 5.91 Å². The fourth-order valence-electron chi connectivity index (χ4n) is 2.52. The van der Waals surface area contributed by atoms with Gasteiger partial charge in [-0.15, -0.1) is 0 Å². The first-order valence-electron chi connectivity index (χ1n) is 6.63. The van der Waals surface area contributed by atoms with Crippen molar-refractivity contribution in [3.63, 3.8) is 0 Å². The summed E-state index contributed by atoms with van der Waals surface area (Å²) in [5, 5.41) is 11.2. The third-order valence-corrected chi connectivity index (χ3v) is 3.73. The van der Waals surface area contributed by atoms with Crippen LogP contribution in [0.25, 0.3) is 0 Å². The van der Waals surface area contributed by atoms with Crippen LogP contribution in [-0.4, -0.2) is 23.0 Å². The zero-order valence-electron chi connectivity index (χ0n) is 11.0. The van der Waals surface area contributed by atoms with Gasteiger partial charge in [0, 0.05) is 6.42 Å². The van der Waals surface area contributed by atoms with Crippen molar-refractivity contribution in [2.24, 2.45) is 5.92 Å². The van der Waals surface area contributed by atoms with Gasteiger partial charge in [-0.2, -0.15) is 0 Å². The molecule has 4 nitrogen and oxygen atoms in total. The van der Waals surface area contributed by atoms with Crippen LogP contribution in [0.2, 0.25) is 0 Å². The highest BCUT2D eigenvalue weighted by atomic mass is 16.4. The first kappa shape index (κ1) is 13.6. The molecule has 1 amide bonds. The molecule has 102 valence electrons. The Hall–Kier alpha value is -1.84. The molecule has 1 aliphatic carbocycles. The molecule has 2 N–H and O–H groups in total. The molecule has 1 saturated carbocycles. The molecule has 1 aromatic carbocycles. The number of carbonyl (C=O) groups excluding carboxylic acids is 1. The minimum Gasteiger partial charge on any atom is -0.480 e. The molecule has 0 radical (unpaired) electrons. The van der Waals surface area contributed by atoms with E-state index in [1.165, 1.54) is 12.5 Å². The lowest BCUT2D eigenvalue weighted by Crippen LogP contribution is -2.40. The summed E-state index contributed by atoms with van der Waals surface area (Å²) in [4.78, 5) is 22.3. The predicted molar refractivity (Wildman–Crippen MR) is 71.8 cm³/mol. The van der Waals surface area contributed by atoms with Crippen molar-refractivity contribution in [1.29, 1.82) is 0 Å². The molecule has 0 aromatic heterocycles. The molecule has 0 saturated heterocycles. The zero-order chi connectivity index (χ0) is 13.8. The van der Waals surface area contributed by atoms with E-state index in [2.05, 4.69) is 17.4 Å². The number of rotatable bonds is 5. The Balaban J connectivity index is 1.73. The molecule has 1 fully saturated rings. The quantitative estimate of drug-likeness (QED) is 0.853. The van der Waals surface area contributed by atoms with E-state index in [4.69, 9.17) is 5.11 Å². The highest BCUT2D eigenvalue weighted by Gasteiger charge is 2.31. The number of carboxylic acids is 1. The molecule has 0 spiro atoms. The van der Waals surface area contributed by atoms with Crippen LogP contribution >= 0.6 is 0 Å². The van der Waals surface area contributed by atoms with Gasteiger partial charge in [0.1, 0.15) is 6.04 Å². The molecule has 0 aliphatic heterocycles. The minimum atomic E-state index is -0.996. The Kier molecular flexibility index (Phi) is 4.20. The predicted octanol–water partition coefficient (Wildman–Crippen LogP) is 2.16. The molecule has 1 aliphatic rings. The molecular formula is C15H19NO3. The summed E-state index contributed by atoms with van der Waals surface area (Å²) in [6.07, 6.45) is 2.46. The maximum Gasteiger partial charge on any atom is 0.325 e. The van der Waals surface area contributed by atoms with Crippen molar-refractivity contribution < 1.29 is 14.7 Å². The third kappa shape index (κ3) is 3.56. The number of nitrogens with one attached hydrogen (secondary N) is 1. The van der Waals surface area contributed by atoms with Crippen LogP contribution in [0.4, 0.5) is 0 Å². The lowest BCUT2D eigenvalue weighted by atomic mass is 9.70. The average molecular weight is 261 g/mol. The van der Waals surface area contributed by atoms with Gasteiger partial charge < -0.3 is 10.4 Å². The fraction of sp³-hybridized carbons (Fsp3) is 0.467. The van der Waals surface area contributed by atoms with Crippen LogP contribution < -0.4 is 5.32 Å². The maximum atomic E-state index is 11.6. The molecule has 1 atom stereocenters. The van der Waals surface area contributed by atoms with Crippen LogP contribution in [0.1, 0.15) is 37.7 Å². The SMILES string of the molecule is C[C@@H](NC(=O)CC1CC(c2ccccc2)C1)C(=O)O. The van der Waals surface area contributed by atoms with Crippen LogP contribution in [0, 0.1) is 5.92 Å². The number of amides is 1. The van der Waals surface area contributed by atoms with Gasteiger partial charge in [-0.25, -0.2) is 0 Å². The van der Waals surface area contributed by atoms with E-state index in [0.29, 0.717) is 18.3 Å². The summed E-state index contributed by atoms with van der Waals surface area (Å²) >= 11 is 0. The Morgan fingerprint density at radius 2 is 1.95 bits per heavy atom. The summed E-state index contributed by atoms with van der Waals surface area (Å²) in [6, 6.07) is 9.49. The Morgan fingerprint density at radius 3 is 2.53 bits per heavy atom.